The highest BCUT2D eigenvalue weighted by molar-refractivity contribution is 5.79. The lowest BCUT2D eigenvalue weighted by Gasteiger charge is -2.32. The molecule has 1 amide bonds. The van der Waals surface area contributed by atoms with Gasteiger partial charge < -0.3 is 15.9 Å². The Hall–Kier alpha value is -0.650. The maximum atomic E-state index is 10.9. The van der Waals surface area contributed by atoms with Crippen molar-refractivity contribution < 1.29 is 15.0 Å². The minimum atomic E-state index is -0.599. The van der Waals surface area contributed by atoms with Gasteiger partial charge in [0.25, 0.3) is 0 Å². The van der Waals surface area contributed by atoms with Gasteiger partial charge in [-0.25, -0.2) is 0 Å². The number of nitrogens with zero attached hydrogens (tertiary/aromatic N) is 1. The molecule has 0 aliphatic heterocycles. The van der Waals surface area contributed by atoms with Crippen molar-refractivity contribution in [1.29, 1.82) is 0 Å². The summed E-state index contributed by atoms with van der Waals surface area (Å²) in [4.78, 5) is 12.6. The summed E-state index contributed by atoms with van der Waals surface area (Å²) < 4.78 is 0. The summed E-state index contributed by atoms with van der Waals surface area (Å²) in [7, 11) is 1.74. The van der Waals surface area contributed by atoms with Crippen molar-refractivity contribution in [3.63, 3.8) is 0 Å². The Bertz CT molecular complexity index is 192. The number of hydrogen-bond donors (Lipinski definition) is 3. The van der Waals surface area contributed by atoms with Crippen molar-refractivity contribution in [3.05, 3.63) is 0 Å². The molecule has 5 heteroatoms. The van der Waals surface area contributed by atoms with Crippen molar-refractivity contribution in [2.75, 3.05) is 26.8 Å². The third-order valence-corrected chi connectivity index (χ3v) is 2.47. The molecule has 0 saturated heterocycles. The second-order valence-corrected chi connectivity index (χ2v) is 4.12. The highest BCUT2D eigenvalue weighted by atomic mass is 16.3. The van der Waals surface area contributed by atoms with E-state index in [2.05, 4.69) is 0 Å². The first kappa shape index (κ1) is 13.4. The van der Waals surface area contributed by atoms with Gasteiger partial charge in [-0.1, -0.05) is 6.92 Å². The molecule has 0 aliphatic rings. The number of carbonyl (C=O) groups excluding carboxylic acids is 1. The number of amides is 1. The van der Waals surface area contributed by atoms with Gasteiger partial charge in [0.2, 0.25) is 5.91 Å². The molecule has 0 aliphatic carbocycles. The number of aliphatic hydroxyl groups excluding tert-OH is 2. The van der Waals surface area contributed by atoms with Crippen LogP contribution in [-0.2, 0) is 4.79 Å². The third kappa shape index (κ3) is 3.61. The van der Waals surface area contributed by atoms with Crippen LogP contribution in [0.3, 0.4) is 0 Å². The lowest BCUT2D eigenvalue weighted by Crippen LogP contribution is -2.47. The molecular weight excluding hydrogens is 184 g/mol. The zero-order valence-corrected chi connectivity index (χ0v) is 9.03. The van der Waals surface area contributed by atoms with E-state index in [-0.39, 0.29) is 13.2 Å². The Morgan fingerprint density at radius 1 is 1.50 bits per heavy atom. The second kappa shape index (κ2) is 5.29. The van der Waals surface area contributed by atoms with E-state index in [0.29, 0.717) is 6.54 Å². The van der Waals surface area contributed by atoms with E-state index in [1.807, 2.05) is 0 Å². The van der Waals surface area contributed by atoms with E-state index >= 15 is 0 Å². The molecule has 0 radical (unpaired) electrons. The molecule has 0 aromatic carbocycles. The van der Waals surface area contributed by atoms with E-state index in [1.54, 1.807) is 25.8 Å². The van der Waals surface area contributed by atoms with Crippen LogP contribution in [0.5, 0.6) is 0 Å². The Morgan fingerprint density at radius 2 is 1.93 bits per heavy atom. The number of hydrogen-bond acceptors (Lipinski definition) is 4. The molecule has 1 atom stereocenters. The fourth-order valence-electron chi connectivity index (χ4n) is 1.11. The van der Waals surface area contributed by atoms with Gasteiger partial charge in [-0.15, -0.1) is 0 Å². The molecule has 0 fully saturated rings. The van der Waals surface area contributed by atoms with Gasteiger partial charge in [0.05, 0.1) is 19.3 Å². The molecule has 14 heavy (non-hydrogen) atoms. The van der Waals surface area contributed by atoms with Crippen molar-refractivity contribution in [2.45, 2.75) is 19.9 Å². The quantitative estimate of drug-likeness (QED) is 0.506. The molecule has 84 valence electrons. The van der Waals surface area contributed by atoms with Gasteiger partial charge in [0, 0.05) is 12.0 Å². The summed E-state index contributed by atoms with van der Waals surface area (Å²) in [6.07, 6.45) is 0. The first-order valence-electron chi connectivity index (χ1n) is 4.57. The molecule has 1 unspecified atom stereocenters. The van der Waals surface area contributed by atoms with Crippen molar-refractivity contribution in [1.82, 2.24) is 4.90 Å². The average Bonchev–Trinajstić information content (AvgIpc) is 2.16. The van der Waals surface area contributed by atoms with Gasteiger partial charge in [-0.2, -0.15) is 0 Å². The van der Waals surface area contributed by atoms with E-state index in [4.69, 9.17) is 15.9 Å². The lowest BCUT2D eigenvalue weighted by molar-refractivity contribution is -0.123. The molecule has 0 saturated carbocycles. The Balaban J connectivity index is 4.29. The normalized spacial score (nSPS) is 14.4. The molecular formula is C9H20N2O3. The molecule has 0 bridgehead atoms. The van der Waals surface area contributed by atoms with Gasteiger partial charge in [0.15, 0.2) is 0 Å². The molecule has 4 N–H and O–H groups in total. The zero-order valence-electron chi connectivity index (χ0n) is 9.03. The third-order valence-electron chi connectivity index (χ3n) is 2.47. The highest BCUT2D eigenvalue weighted by Crippen LogP contribution is 2.16. The Labute approximate surface area is 84.5 Å². The molecule has 0 aromatic heterocycles. The van der Waals surface area contributed by atoms with Crippen LogP contribution in [0.4, 0.5) is 0 Å². The van der Waals surface area contributed by atoms with Crippen molar-refractivity contribution >= 4 is 5.91 Å². The number of nitrogens with two attached hydrogens (primary N) is 1. The summed E-state index contributed by atoms with van der Waals surface area (Å²) in [5, 5.41) is 18.1. The first-order chi connectivity index (χ1) is 6.36. The molecule has 0 heterocycles. The summed E-state index contributed by atoms with van der Waals surface area (Å²) in [5.41, 5.74) is 4.53. The minimum absolute atomic E-state index is 0.126. The Morgan fingerprint density at radius 3 is 2.21 bits per heavy atom. The zero-order chi connectivity index (χ0) is 11.4. The van der Waals surface area contributed by atoms with Crippen LogP contribution < -0.4 is 5.73 Å². The Kier molecular flexibility index (Phi) is 5.04. The van der Waals surface area contributed by atoms with Gasteiger partial charge in [0.1, 0.15) is 0 Å². The maximum absolute atomic E-state index is 10.9. The van der Waals surface area contributed by atoms with E-state index in [0.717, 1.165) is 0 Å². The van der Waals surface area contributed by atoms with Gasteiger partial charge in [-0.3, -0.25) is 9.69 Å². The van der Waals surface area contributed by atoms with Crippen LogP contribution in [0, 0.1) is 5.41 Å². The summed E-state index contributed by atoms with van der Waals surface area (Å²) in [6, 6.07) is -0.396. The van der Waals surface area contributed by atoms with Crippen LogP contribution in [0.1, 0.15) is 13.8 Å². The van der Waals surface area contributed by atoms with Crippen LogP contribution in [0.2, 0.25) is 0 Å². The van der Waals surface area contributed by atoms with Gasteiger partial charge in [-0.05, 0) is 14.0 Å². The monoisotopic (exact) mass is 204 g/mol. The fourth-order valence-corrected chi connectivity index (χ4v) is 1.11. The molecule has 5 nitrogen and oxygen atoms in total. The predicted molar refractivity (Wildman–Crippen MR) is 53.6 cm³/mol. The predicted octanol–water partition coefficient (Wildman–Crippen LogP) is -1.22. The largest absolute Gasteiger partial charge is 0.396 e. The SMILES string of the molecule is CC(C(N)=O)N(C)CC(C)(CO)CO. The van der Waals surface area contributed by atoms with Crippen LogP contribution in [0.25, 0.3) is 0 Å². The van der Waals surface area contributed by atoms with Crippen LogP contribution >= 0.6 is 0 Å². The van der Waals surface area contributed by atoms with Crippen LogP contribution in [-0.4, -0.2) is 53.9 Å². The lowest BCUT2D eigenvalue weighted by atomic mass is 9.92. The number of likely N-dealkylation sites (N-methyl/N-ethyl adjacent to an activating group) is 1. The van der Waals surface area contributed by atoms with E-state index in [1.165, 1.54) is 0 Å². The topological polar surface area (TPSA) is 86.8 Å². The second-order valence-electron chi connectivity index (χ2n) is 4.12. The maximum Gasteiger partial charge on any atom is 0.234 e. The molecule has 0 rings (SSSR count). The standard InChI is InChI=1S/C9H20N2O3/c1-7(8(10)14)11(3)4-9(2,5-12)6-13/h7,12-13H,4-6H2,1-3H3,(H2,10,14). The van der Waals surface area contributed by atoms with E-state index in [9.17, 15) is 4.79 Å². The van der Waals surface area contributed by atoms with E-state index < -0.39 is 17.4 Å². The number of rotatable bonds is 6. The van der Waals surface area contributed by atoms with Crippen molar-refractivity contribution in [3.8, 4) is 0 Å². The average molecular weight is 204 g/mol. The summed E-state index contributed by atoms with van der Waals surface area (Å²) >= 11 is 0. The fraction of sp³-hybridized carbons (Fsp3) is 0.889. The molecule has 0 aromatic rings. The summed E-state index contributed by atoms with van der Waals surface area (Å²) in [5.74, 6) is -0.411. The number of carbonyl (C=O) groups is 1. The first-order valence-corrected chi connectivity index (χ1v) is 4.57. The van der Waals surface area contributed by atoms with Gasteiger partial charge >= 0.3 is 0 Å². The molecule has 0 spiro atoms. The highest BCUT2D eigenvalue weighted by Gasteiger charge is 2.27. The number of primary amides is 1. The van der Waals surface area contributed by atoms with Crippen LogP contribution in [0.15, 0.2) is 0 Å². The minimum Gasteiger partial charge on any atom is -0.396 e. The smallest absolute Gasteiger partial charge is 0.234 e. The van der Waals surface area contributed by atoms with Crippen molar-refractivity contribution in [2.24, 2.45) is 11.1 Å². The number of aliphatic hydroxyl groups is 2. The summed E-state index contributed by atoms with van der Waals surface area (Å²) in [6.45, 7) is 3.61.